The summed E-state index contributed by atoms with van der Waals surface area (Å²) in [5.74, 6) is 0. The van der Waals surface area contributed by atoms with E-state index in [9.17, 15) is 0 Å². The lowest BCUT2D eigenvalue weighted by molar-refractivity contribution is -0.109. The van der Waals surface area contributed by atoms with Gasteiger partial charge < -0.3 is 9.47 Å². The average Bonchev–Trinajstić information content (AvgIpc) is 2.04. The topological polar surface area (TPSA) is 18.5 Å². The molecule has 2 atom stereocenters. The van der Waals surface area contributed by atoms with Crippen molar-refractivity contribution in [1.29, 1.82) is 0 Å². The average molecular weight is 236 g/mol. The highest BCUT2D eigenvalue weighted by molar-refractivity contribution is 7.82. The van der Waals surface area contributed by atoms with Crippen LogP contribution in [0.5, 0.6) is 0 Å². The smallest absolute Gasteiger partial charge is 0.204 e. The van der Waals surface area contributed by atoms with E-state index in [1.54, 1.807) is 0 Å². The van der Waals surface area contributed by atoms with E-state index in [2.05, 4.69) is 33.4 Å². The minimum atomic E-state index is -0.399. The van der Waals surface area contributed by atoms with Crippen molar-refractivity contribution in [3.05, 3.63) is 0 Å². The zero-order valence-corrected chi connectivity index (χ0v) is 10.9. The molecule has 0 aromatic rings. The van der Waals surface area contributed by atoms with Gasteiger partial charge in [0.15, 0.2) is 0 Å². The lowest BCUT2D eigenvalue weighted by atomic mass is 9.77. The summed E-state index contributed by atoms with van der Waals surface area (Å²) in [6.07, 6.45) is 2.03. The molecule has 4 heteroatoms. The van der Waals surface area contributed by atoms with Gasteiger partial charge in [-0.3, -0.25) is 0 Å². The fraction of sp³-hybridized carbons (Fsp3) is 1.00. The van der Waals surface area contributed by atoms with Crippen molar-refractivity contribution >= 4 is 25.3 Å². The number of hydrogen-bond donors (Lipinski definition) is 2. The van der Waals surface area contributed by atoms with Crippen LogP contribution in [0.3, 0.4) is 0 Å². The van der Waals surface area contributed by atoms with Gasteiger partial charge in [-0.1, -0.05) is 20.8 Å². The maximum Gasteiger partial charge on any atom is 0.204 e. The summed E-state index contributed by atoms with van der Waals surface area (Å²) in [6, 6.07) is 0. The van der Waals surface area contributed by atoms with Crippen molar-refractivity contribution < 1.29 is 9.47 Å². The summed E-state index contributed by atoms with van der Waals surface area (Å²) in [7, 11) is 0. The molecule has 84 valence electrons. The molecule has 0 bridgehead atoms. The fourth-order valence-electron chi connectivity index (χ4n) is 1.47. The Labute approximate surface area is 97.6 Å². The predicted molar refractivity (Wildman–Crippen MR) is 65.1 cm³/mol. The van der Waals surface area contributed by atoms with Crippen molar-refractivity contribution in [2.45, 2.75) is 44.0 Å². The summed E-state index contributed by atoms with van der Waals surface area (Å²) in [6.45, 7) is 7.87. The minimum Gasteiger partial charge on any atom is -0.344 e. The van der Waals surface area contributed by atoms with Crippen LogP contribution in [0.15, 0.2) is 0 Å². The molecule has 1 fully saturated rings. The van der Waals surface area contributed by atoms with Gasteiger partial charge in [-0.2, -0.15) is 12.6 Å². The SMILES string of the molecule is CC(C)(C)[C@]1(S)CCCO[C@@H](S)OC1. The van der Waals surface area contributed by atoms with Gasteiger partial charge in [0.1, 0.15) is 0 Å². The van der Waals surface area contributed by atoms with Gasteiger partial charge in [-0.05, 0) is 18.3 Å². The van der Waals surface area contributed by atoms with Crippen molar-refractivity contribution in [2.75, 3.05) is 13.2 Å². The third-order valence-electron chi connectivity index (χ3n) is 2.86. The zero-order chi connectivity index (χ0) is 10.8. The van der Waals surface area contributed by atoms with Crippen molar-refractivity contribution in [3.8, 4) is 0 Å². The van der Waals surface area contributed by atoms with E-state index in [0.29, 0.717) is 13.2 Å². The Balaban J connectivity index is 2.66. The Morgan fingerprint density at radius 2 is 1.93 bits per heavy atom. The van der Waals surface area contributed by atoms with Crippen LogP contribution >= 0.6 is 25.3 Å². The van der Waals surface area contributed by atoms with E-state index in [0.717, 1.165) is 12.8 Å². The largest absolute Gasteiger partial charge is 0.344 e. The number of thiol groups is 2. The number of ether oxygens (including phenoxy) is 2. The van der Waals surface area contributed by atoms with Crippen LogP contribution in [0.25, 0.3) is 0 Å². The van der Waals surface area contributed by atoms with Crippen molar-refractivity contribution in [1.82, 2.24) is 0 Å². The Morgan fingerprint density at radius 3 is 2.50 bits per heavy atom. The molecular formula is C10H20O2S2. The second-order valence-electron chi connectivity index (χ2n) is 4.87. The molecular weight excluding hydrogens is 216 g/mol. The van der Waals surface area contributed by atoms with E-state index < -0.39 is 5.62 Å². The monoisotopic (exact) mass is 236 g/mol. The normalized spacial score (nSPS) is 36.2. The first-order valence-electron chi connectivity index (χ1n) is 4.99. The summed E-state index contributed by atoms with van der Waals surface area (Å²) < 4.78 is 10.7. The van der Waals surface area contributed by atoms with Gasteiger partial charge in [0.2, 0.25) is 5.62 Å². The Bertz CT molecular complexity index is 191. The Hall–Kier alpha value is 0.620. The zero-order valence-electron chi connectivity index (χ0n) is 9.12. The molecule has 0 saturated carbocycles. The lowest BCUT2D eigenvalue weighted by Crippen LogP contribution is -2.44. The van der Waals surface area contributed by atoms with Gasteiger partial charge in [0, 0.05) is 4.75 Å². The standard InChI is InChI=1S/C10H20O2S2/c1-9(2,3)10(14)5-4-6-11-8(13)12-7-10/h8,13-14H,4-7H2,1-3H3/t8-,10+/m1/s1. The molecule has 0 aromatic heterocycles. The van der Waals surface area contributed by atoms with E-state index in [4.69, 9.17) is 22.1 Å². The highest BCUT2D eigenvalue weighted by Crippen LogP contribution is 2.41. The summed E-state index contributed by atoms with van der Waals surface area (Å²) in [5, 5.41) is 0. The van der Waals surface area contributed by atoms with E-state index >= 15 is 0 Å². The highest BCUT2D eigenvalue weighted by atomic mass is 32.1. The quantitative estimate of drug-likeness (QED) is 0.630. The second kappa shape index (κ2) is 4.64. The molecule has 0 N–H and O–H groups in total. The molecule has 1 heterocycles. The van der Waals surface area contributed by atoms with E-state index in [-0.39, 0.29) is 10.2 Å². The van der Waals surface area contributed by atoms with Gasteiger partial charge >= 0.3 is 0 Å². The van der Waals surface area contributed by atoms with Gasteiger partial charge in [0.25, 0.3) is 0 Å². The van der Waals surface area contributed by atoms with Gasteiger partial charge in [-0.15, -0.1) is 12.6 Å². The Morgan fingerprint density at radius 1 is 1.29 bits per heavy atom. The molecule has 0 radical (unpaired) electrons. The van der Waals surface area contributed by atoms with E-state index in [1.165, 1.54) is 0 Å². The first-order chi connectivity index (χ1) is 6.35. The highest BCUT2D eigenvalue weighted by Gasteiger charge is 2.39. The molecule has 0 unspecified atom stereocenters. The number of rotatable bonds is 0. The molecule has 0 amide bonds. The summed E-state index contributed by atoms with van der Waals surface area (Å²) >= 11 is 8.95. The molecule has 1 rings (SSSR count). The van der Waals surface area contributed by atoms with Crippen LogP contribution in [0.1, 0.15) is 33.6 Å². The fourth-order valence-corrected chi connectivity index (χ4v) is 1.88. The molecule has 14 heavy (non-hydrogen) atoms. The molecule has 0 aliphatic carbocycles. The first-order valence-corrected chi connectivity index (χ1v) is 5.95. The summed E-state index contributed by atoms with van der Waals surface area (Å²) in [4.78, 5) is 0. The van der Waals surface area contributed by atoms with Crippen molar-refractivity contribution in [2.24, 2.45) is 5.41 Å². The predicted octanol–water partition coefficient (Wildman–Crippen LogP) is 2.74. The van der Waals surface area contributed by atoms with Crippen LogP contribution in [-0.4, -0.2) is 23.6 Å². The molecule has 1 aliphatic heterocycles. The lowest BCUT2D eigenvalue weighted by Gasteiger charge is -2.42. The molecule has 1 aliphatic rings. The third kappa shape index (κ3) is 3.05. The van der Waals surface area contributed by atoms with Crippen LogP contribution in [0.4, 0.5) is 0 Å². The number of hydrogen-bond acceptors (Lipinski definition) is 4. The second-order valence-corrected chi connectivity index (χ2v) is 6.15. The first kappa shape index (κ1) is 12.7. The van der Waals surface area contributed by atoms with Crippen LogP contribution in [-0.2, 0) is 9.47 Å². The molecule has 0 spiro atoms. The molecule has 2 nitrogen and oxygen atoms in total. The van der Waals surface area contributed by atoms with Crippen LogP contribution in [0.2, 0.25) is 0 Å². The molecule has 0 aromatic carbocycles. The Kier molecular flexibility index (Phi) is 4.21. The maximum atomic E-state index is 5.49. The van der Waals surface area contributed by atoms with Gasteiger partial charge in [0.05, 0.1) is 13.2 Å². The van der Waals surface area contributed by atoms with E-state index in [1.807, 2.05) is 0 Å². The van der Waals surface area contributed by atoms with Crippen LogP contribution in [0, 0.1) is 5.41 Å². The minimum absolute atomic E-state index is 0.0856. The molecule has 1 saturated heterocycles. The third-order valence-corrected chi connectivity index (χ3v) is 4.18. The van der Waals surface area contributed by atoms with Gasteiger partial charge in [-0.25, -0.2) is 0 Å². The van der Waals surface area contributed by atoms with Crippen LogP contribution < -0.4 is 0 Å². The van der Waals surface area contributed by atoms with Crippen molar-refractivity contribution in [3.63, 3.8) is 0 Å². The maximum absolute atomic E-state index is 5.49. The summed E-state index contributed by atoms with van der Waals surface area (Å²) in [5.41, 5.74) is -0.273.